The summed E-state index contributed by atoms with van der Waals surface area (Å²) in [6, 6.07) is 0. The van der Waals surface area contributed by atoms with E-state index in [0.717, 1.165) is 19.5 Å². The van der Waals surface area contributed by atoms with Gasteiger partial charge in [0.15, 0.2) is 0 Å². The molecule has 1 aromatic rings. The lowest BCUT2D eigenvalue weighted by molar-refractivity contribution is -0.134. The largest absolute Gasteiger partial charge is 0.396 e. The van der Waals surface area contributed by atoms with Gasteiger partial charge in [0.1, 0.15) is 5.82 Å². The number of aromatic nitrogens is 3. The lowest BCUT2D eigenvalue weighted by atomic mass is 9.89. The van der Waals surface area contributed by atoms with Crippen LogP contribution in [0.5, 0.6) is 0 Å². The zero-order chi connectivity index (χ0) is 16.9. The van der Waals surface area contributed by atoms with E-state index >= 15 is 0 Å². The van der Waals surface area contributed by atoms with Gasteiger partial charge < -0.3 is 14.9 Å². The molecule has 134 valence electrons. The Labute approximate surface area is 147 Å². The van der Waals surface area contributed by atoms with E-state index in [-0.39, 0.29) is 23.7 Å². The number of halogens is 1. The first kappa shape index (κ1) is 17.6. The van der Waals surface area contributed by atoms with Crippen molar-refractivity contribution in [3.05, 3.63) is 11.1 Å². The zero-order valence-electron chi connectivity index (χ0n) is 14.0. The molecule has 0 aromatic carbocycles. The van der Waals surface area contributed by atoms with E-state index in [9.17, 15) is 9.90 Å². The summed E-state index contributed by atoms with van der Waals surface area (Å²) < 4.78 is 0. The number of rotatable bonds is 6. The first-order valence-electron chi connectivity index (χ1n) is 8.82. The minimum Gasteiger partial charge on any atom is -0.396 e. The van der Waals surface area contributed by atoms with E-state index in [1.54, 1.807) is 0 Å². The van der Waals surface area contributed by atoms with Crippen LogP contribution in [0.4, 0.5) is 0 Å². The van der Waals surface area contributed by atoms with Crippen LogP contribution in [0.25, 0.3) is 0 Å². The van der Waals surface area contributed by atoms with Crippen molar-refractivity contribution in [3.8, 4) is 0 Å². The summed E-state index contributed by atoms with van der Waals surface area (Å²) in [7, 11) is 0. The normalized spacial score (nSPS) is 25.3. The number of carbonyl (C=O) groups is 1. The molecular formula is C16H26ClN5O2. The number of aryl methyl sites for hydroxylation is 1. The van der Waals surface area contributed by atoms with Gasteiger partial charge in [0.05, 0.1) is 0 Å². The number of aromatic amines is 1. The number of piperidine rings is 1. The van der Waals surface area contributed by atoms with Crippen molar-refractivity contribution in [3.63, 3.8) is 0 Å². The predicted octanol–water partition coefficient (Wildman–Crippen LogP) is 0.943. The van der Waals surface area contributed by atoms with Gasteiger partial charge in [0.25, 0.3) is 0 Å². The summed E-state index contributed by atoms with van der Waals surface area (Å²) in [5, 5.41) is 16.3. The van der Waals surface area contributed by atoms with Crippen molar-refractivity contribution in [2.24, 2.45) is 11.8 Å². The molecule has 2 atom stereocenters. The van der Waals surface area contributed by atoms with E-state index in [1.165, 1.54) is 25.9 Å². The second-order valence-corrected chi connectivity index (χ2v) is 7.35. The van der Waals surface area contributed by atoms with E-state index < -0.39 is 0 Å². The quantitative estimate of drug-likeness (QED) is 0.793. The Kier molecular flexibility index (Phi) is 6.08. The third-order valence-electron chi connectivity index (χ3n) is 5.03. The molecule has 1 amide bonds. The topological polar surface area (TPSA) is 85.3 Å². The highest BCUT2D eigenvalue weighted by atomic mass is 35.5. The SMILES string of the molecule is O=C(CCc1nc(Cl)n[nH]1)N1CC(CO)CC(CN2CCCC2)C1. The fourth-order valence-electron chi connectivity index (χ4n) is 3.88. The predicted molar refractivity (Wildman–Crippen MR) is 90.7 cm³/mol. The Bertz CT molecular complexity index is 546. The molecule has 3 rings (SSSR count). The van der Waals surface area contributed by atoms with Gasteiger partial charge in [-0.25, -0.2) is 4.98 Å². The molecule has 0 bridgehead atoms. The Morgan fingerprint density at radius 1 is 1.29 bits per heavy atom. The molecule has 2 saturated heterocycles. The van der Waals surface area contributed by atoms with Crippen LogP contribution in [0, 0.1) is 11.8 Å². The fourth-order valence-corrected chi connectivity index (χ4v) is 4.03. The van der Waals surface area contributed by atoms with Crippen LogP contribution < -0.4 is 0 Å². The molecule has 2 N–H and O–H groups in total. The van der Waals surface area contributed by atoms with Crippen molar-refractivity contribution in [1.82, 2.24) is 25.0 Å². The molecule has 0 radical (unpaired) electrons. The highest BCUT2D eigenvalue weighted by Gasteiger charge is 2.31. The molecule has 3 heterocycles. The van der Waals surface area contributed by atoms with Crippen LogP contribution in [-0.4, -0.2) is 75.3 Å². The molecule has 8 heteroatoms. The molecule has 2 fully saturated rings. The molecular weight excluding hydrogens is 330 g/mol. The fraction of sp³-hybridized carbons (Fsp3) is 0.812. The van der Waals surface area contributed by atoms with Crippen molar-refractivity contribution in [2.45, 2.75) is 32.1 Å². The van der Waals surface area contributed by atoms with Crippen molar-refractivity contribution < 1.29 is 9.90 Å². The summed E-state index contributed by atoms with van der Waals surface area (Å²) >= 11 is 5.68. The minimum atomic E-state index is 0.118. The molecule has 7 nitrogen and oxygen atoms in total. The first-order chi connectivity index (χ1) is 11.6. The third-order valence-corrected chi connectivity index (χ3v) is 5.20. The van der Waals surface area contributed by atoms with Gasteiger partial charge in [-0.1, -0.05) is 0 Å². The second kappa shape index (κ2) is 8.27. The second-order valence-electron chi connectivity index (χ2n) is 7.01. The minimum absolute atomic E-state index is 0.118. The summed E-state index contributed by atoms with van der Waals surface area (Å²) in [5.41, 5.74) is 0. The number of nitrogens with zero attached hydrogens (tertiary/aromatic N) is 4. The van der Waals surface area contributed by atoms with Crippen LogP contribution in [0.2, 0.25) is 5.28 Å². The zero-order valence-corrected chi connectivity index (χ0v) is 14.7. The number of hydrogen-bond donors (Lipinski definition) is 2. The number of aliphatic hydroxyl groups excluding tert-OH is 1. The molecule has 2 aliphatic rings. The Morgan fingerprint density at radius 3 is 2.71 bits per heavy atom. The van der Waals surface area contributed by atoms with Gasteiger partial charge in [0, 0.05) is 39.1 Å². The Hall–Kier alpha value is -1.18. The van der Waals surface area contributed by atoms with E-state index in [4.69, 9.17) is 11.6 Å². The van der Waals surface area contributed by atoms with Crippen molar-refractivity contribution in [1.29, 1.82) is 0 Å². The van der Waals surface area contributed by atoms with Gasteiger partial charge in [-0.2, -0.15) is 0 Å². The number of H-pyrrole nitrogens is 1. The van der Waals surface area contributed by atoms with E-state index in [2.05, 4.69) is 20.1 Å². The highest BCUT2D eigenvalue weighted by Crippen LogP contribution is 2.24. The number of amides is 1. The number of likely N-dealkylation sites (tertiary alicyclic amines) is 2. The molecule has 0 aliphatic carbocycles. The summed E-state index contributed by atoms with van der Waals surface area (Å²) in [5.74, 6) is 1.40. The maximum absolute atomic E-state index is 12.6. The molecule has 0 spiro atoms. The average molecular weight is 356 g/mol. The Balaban J connectivity index is 1.52. The van der Waals surface area contributed by atoms with Crippen LogP contribution in [0.15, 0.2) is 0 Å². The highest BCUT2D eigenvalue weighted by molar-refractivity contribution is 6.28. The summed E-state index contributed by atoms with van der Waals surface area (Å²) in [4.78, 5) is 21.0. The number of hydrogen-bond acceptors (Lipinski definition) is 5. The smallest absolute Gasteiger partial charge is 0.242 e. The van der Waals surface area contributed by atoms with Crippen molar-refractivity contribution >= 4 is 17.5 Å². The van der Waals surface area contributed by atoms with E-state index in [0.29, 0.717) is 31.1 Å². The molecule has 1 aromatic heterocycles. The third kappa shape index (κ3) is 4.68. The average Bonchev–Trinajstić information content (AvgIpc) is 3.24. The molecule has 2 aliphatic heterocycles. The van der Waals surface area contributed by atoms with Gasteiger partial charge in [-0.05, 0) is 55.8 Å². The number of aliphatic hydroxyl groups is 1. The standard InChI is InChI=1S/C16H26ClN5O2/c17-16-18-14(19-20-16)3-4-15(24)22-9-12(7-13(10-22)11-23)8-21-5-1-2-6-21/h12-13,23H,1-11H2,(H,18,19,20). The van der Waals surface area contributed by atoms with Gasteiger partial charge in [0.2, 0.25) is 11.2 Å². The summed E-state index contributed by atoms with van der Waals surface area (Å²) in [6.07, 6.45) is 4.46. The molecule has 2 unspecified atom stereocenters. The Morgan fingerprint density at radius 2 is 2.04 bits per heavy atom. The molecule has 24 heavy (non-hydrogen) atoms. The lowest BCUT2D eigenvalue weighted by Gasteiger charge is -2.38. The monoisotopic (exact) mass is 355 g/mol. The molecule has 0 saturated carbocycles. The van der Waals surface area contributed by atoms with Crippen LogP contribution in [0.1, 0.15) is 31.5 Å². The van der Waals surface area contributed by atoms with E-state index in [1.807, 2.05) is 4.90 Å². The maximum Gasteiger partial charge on any atom is 0.242 e. The van der Waals surface area contributed by atoms with Gasteiger partial charge >= 0.3 is 0 Å². The van der Waals surface area contributed by atoms with Crippen LogP contribution in [0.3, 0.4) is 0 Å². The van der Waals surface area contributed by atoms with Crippen LogP contribution in [-0.2, 0) is 11.2 Å². The van der Waals surface area contributed by atoms with Gasteiger partial charge in [-0.3, -0.25) is 9.89 Å². The lowest BCUT2D eigenvalue weighted by Crippen LogP contribution is -2.47. The summed E-state index contributed by atoms with van der Waals surface area (Å²) in [6.45, 7) is 4.98. The van der Waals surface area contributed by atoms with Gasteiger partial charge in [-0.15, -0.1) is 5.10 Å². The number of carbonyl (C=O) groups excluding carboxylic acids is 1. The number of nitrogens with one attached hydrogen (secondary N) is 1. The van der Waals surface area contributed by atoms with Crippen molar-refractivity contribution in [2.75, 3.05) is 39.3 Å². The maximum atomic E-state index is 12.6. The first-order valence-corrected chi connectivity index (χ1v) is 9.19. The van der Waals surface area contributed by atoms with Crippen LogP contribution >= 0.6 is 11.6 Å².